The molecule has 0 radical (unpaired) electrons. The van der Waals surface area contributed by atoms with Crippen LogP contribution < -0.4 is 5.32 Å². The third-order valence-electron chi connectivity index (χ3n) is 5.10. The summed E-state index contributed by atoms with van der Waals surface area (Å²) < 4.78 is 5.94. The normalized spacial score (nSPS) is 19.7. The fourth-order valence-corrected chi connectivity index (χ4v) is 3.60. The predicted octanol–water partition coefficient (Wildman–Crippen LogP) is 4.07. The molecular formula is C19H31NO. The van der Waals surface area contributed by atoms with E-state index in [0.29, 0.717) is 6.04 Å². The van der Waals surface area contributed by atoms with Crippen molar-refractivity contribution in [2.24, 2.45) is 0 Å². The first-order chi connectivity index (χ1) is 9.91. The third kappa shape index (κ3) is 3.67. The standard InChI is InChI=1S/C19H31NO/c1-18(2,3)16-10-8-15(9-11-16)14-17(20-4)19(21-5)12-6-7-13-19/h8-11,17,20H,6-7,12-14H2,1-5H3. The van der Waals surface area contributed by atoms with Crippen molar-refractivity contribution >= 4 is 0 Å². The Labute approximate surface area is 130 Å². The van der Waals surface area contributed by atoms with Crippen LogP contribution in [0.3, 0.4) is 0 Å². The summed E-state index contributed by atoms with van der Waals surface area (Å²) in [6.45, 7) is 6.78. The van der Waals surface area contributed by atoms with Crippen LogP contribution in [-0.4, -0.2) is 25.8 Å². The van der Waals surface area contributed by atoms with E-state index in [9.17, 15) is 0 Å². The van der Waals surface area contributed by atoms with Crippen LogP contribution in [0.5, 0.6) is 0 Å². The molecule has 0 spiro atoms. The SMILES string of the molecule is CNC(Cc1ccc(C(C)(C)C)cc1)C1(OC)CCCC1. The Morgan fingerprint density at radius 3 is 2.14 bits per heavy atom. The molecule has 1 fully saturated rings. The molecule has 0 heterocycles. The average molecular weight is 289 g/mol. The Kier molecular flexibility index (Phi) is 5.11. The molecule has 21 heavy (non-hydrogen) atoms. The van der Waals surface area contributed by atoms with Gasteiger partial charge in [0, 0.05) is 13.2 Å². The van der Waals surface area contributed by atoms with Gasteiger partial charge in [-0.1, -0.05) is 57.9 Å². The van der Waals surface area contributed by atoms with E-state index in [2.05, 4.69) is 57.4 Å². The van der Waals surface area contributed by atoms with Crippen LogP contribution in [-0.2, 0) is 16.6 Å². The Balaban J connectivity index is 2.12. The van der Waals surface area contributed by atoms with Crippen molar-refractivity contribution in [2.75, 3.05) is 14.2 Å². The highest BCUT2D eigenvalue weighted by Crippen LogP contribution is 2.36. The van der Waals surface area contributed by atoms with Crippen LogP contribution in [0.15, 0.2) is 24.3 Å². The Morgan fingerprint density at radius 2 is 1.71 bits per heavy atom. The number of likely N-dealkylation sites (N-methyl/N-ethyl adjacent to an activating group) is 1. The van der Waals surface area contributed by atoms with Gasteiger partial charge in [0.15, 0.2) is 0 Å². The first kappa shape index (κ1) is 16.5. The van der Waals surface area contributed by atoms with Crippen LogP contribution in [0, 0.1) is 0 Å². The highest BCUT2D eigenvalue weighted by atomic mass is 16.5. The molecule has 0 aliphatic heterocycles. The predicted molar refractivity (Wildman–Crippen MR) is 89.9 cm³/mol. The summed E-state index contributed by atoms with van der Waals surface area (Å²) in [7, 11) is 3.94. The number of benzene rings is 1. The van der Waals surface area contributed by atoms with Crippen molar-refractivity contribution in [1.82, 2.24) is 5.32 Å². The van der Waals surface area contributed by atoms with E-state index in [1.54, 1.807) is 0 Å². The molecule has 1 aliphatic carbocycles. The zero-order valence-electron chi connectivity index (χ0n) is 14.3. The fourth-order valence-electron chi connectivity index (χ4n) is 3.60. The maximum atomic E-state index is 5.94. The lowest BCUT2D eigenvalue weighted by atomic mass is 9.84. The lowest BCUT2D eigenvalue weighted by molar-refractivity contribution is -0.0336. The van der Waals surface area contributed by atoms with Crippen LogP contribution in [0.4, 0.5) is 0 Å². The van der Waals surface area contributed by atoms with Gasteiger partial charge >= 0.3 is 0 Å². The molecule has 2 nitrogen and oxygen atoms in total. The number of ether oxygens (including phenoxy) is 1. The van der Waals surface area contributed by atoms with Gasteiger partial charge in [0.25, 0.3) is 0 Å². The van der Waals surface area contributed by atoms with Crippen molar-refractivity contribution in [3.8, 4) is 0 Å². The van der Waals surface area contributed by atoms with Crippen molar-refractivity contribution in [3.63, 3.8) is 0 Å². The van der Waals surface area contributed by atoms with Crippen molar-refractivity contribution in [2.45, 2.75) is 69.9 Å². The summed E-state index contributed by atoms with van der Waals surface area (Å²) in [4.78, 5) is 0. The smallest absolute Gasteiger partial charge is 0.0834 e. The molecule has 1 unspecified atom stereocenters. The highest BCUT2D eigenvalue weighted by Gasteiger charge is 2.40. The topological polar surface area (TPSA) is 21.3 Å². The van der Waals surface area contributed by atoms with E-state index in [0.717, 1.165) is 6.42 Å². The van der Waals surface area contributed by atoms with E-state index in [1.165, 1.54) is 36.8 Å². The fraction of sp³-hybridized carbons (Fsp3) is 0.684. The van der Waals surface area contributed by atoms with Crippen LogP contribution in [0.1, 0.15) is 57.6 Å². The quantitative estimate of drug-likeness (QED) is 0.882. The van der Waals surface area contributed by atoms with Gasteiger partial charge in [0.1, 0.15) is 0 Å². The van der Waals surface area contributed by atoms with Gasteiger partial charge in [0.2, 0.25) is 0 Å². The Bertz CT molecular complexity index is 438. The minimum Gasteiger partial charge on any atom is -0.377 e. The summed E-state index contributed by atoms with van der Waals surface area (Å²) in [5, 5.41) is 3.50. The molecule has 1 aromatic rings. The van der Waals surface area contributed by atoms with Crippen LogP contribution in [0.2, 0.25) is 0 Å². The van der Waals surface area contributed by atoms with Gasteiger partial charge in [-0.05, 0) is 42.9 Å². The molecule has 0 aromatic heterocycles. The van der Waals surface area contributed by atoms with Gasteiger partial charge in [-0.15, -0.1) is 0 Å². The molecule has 118 valence electrons. The minimum atomic E-state index is 0.0252. The second kappa shape index (κ2) is 6.50. The molecule has 2 rings (SSSR count). The van der Waals surface area contributed by atoms with Gasteiger partial charge in [-0.25, -0.2) is 0 Å². The first-order valence-electron chi connectivity index (χ1n) is 8.23. The number of rotatable bonds is 5. The molecule has 2 heteroatoms. The summed E-state index contributed by atoms with van der Waals surface area (Å²) in [6, 6.07) is 9.50. The Hall–Kier alpha value is -0.860. The zero-order chi connectivity index (χ0) is 15.5. The highest BCUT2D eigenvalue weighted by molar-refractivity contribution is 5.28. The second-order valence-corrected chi connectivity index (χ2v) is 7.47. The number of hydrogen-bond acceptors (Lipinski definition) is 2. The molecule has 0 amide bonds. The molecule has 1 saturated carbocycles. The van der Waals surface area contributed by atoms with E-state index in [-0.39, 0.29) is 11.0 Å². The van der Waals surface area contributed by atoms with Crippen molar-refractivity contribution in [3.05, 3.63) is 35.4 Å². The molecular weight excluding hydrogens is 258 g/mol. The summed E-state index contributed by atoms with van der Waals surface area (Å²) in [6.07, 6.45) is 5.96. The number of nitrogens with one attached hydrogen (secondary N) is 1. The van der Waals surface area contributed by atoms with Gasteiger partial charge in [-0.3, -0.25) is 0 Å². The molecule has 0 saturated heterocycles. The van der Waals surface area contributed by atoms with Gasteiger partial charge in [-0.2, -0.15) is 0 Å². The molecule has 0 bridgehead atoms. The second-order valence-electron chi connectivity index (χ2n) is 7.47. The lowest BCUT2D eigenvalue weighted by Crippen LogP contribution is -2.50. The zero-order valence-corrected chi connectivity index (χ0v) is 14.3. The molecule has 1 aromatic carbocycles. The third-order valence-corrected chi connectivity index (χ3v) is 5.10. The lowest BCUT2D eigenvalue weighted by Gasteiger charge is -2.36. The molecule has 1 aliphatic rings. The largest absolute Gasteiger partial charge is 0.377 e. The van der Waals surface area contributed by atoms with Gasteiger partial charge in [0.05, 0.1) is 5.60 Å². The monoisotopic (exact) mass is 289 g/mol. The van der Waals surface area contributed by atoms with E-state index < -0.39 is 0 Å². The van der Waals surface area contributed by atoms with Crippen molar-refractivity contribution in [1.29, 1.82) is 0 Å². The average Bonchev–Trinajstić information content (AvgIpc) is 2.94. The maximum Gasteiger partial charge on any atom is 0.0834 e. The summed E-state index contributed by atoms with van der Waals surface area (Å²) in [5.41, 5.74) is 3.04. The summed E-state index contributed by atoms with van der Waals surface area (Å²) >= 11 is 0. The molecule has 1 atom stereocenters. The number of methoxy groups -OCH3 is 1. The van der Waals surface area contributed by atoms with Crippen molar-refractivity contribution < 1.29 is 4.74 Å². The van der Waals surface area contributed by atoms with E-state index in [4.69, 9.17) is 4.74 Å². The van der Waals surface area contributed by atoms with Crippen LogP contribution in [0.25, 0.3) is 0 Å². The van der Waals surface area contributed by atoms with Gasteiger partial charge < -0.3 is 10.1 Å². The minimum absolute atomic E-state index is 0.0252. The Morgan fingerprint density at radius 1 is 1.14 bits per heavy atom. The summed E-state index contributed by atoms with van der Waals surface area (Å²) in [5.74, 6) is 0. The number of hydrogen-bond donors (Lipinski definition) is 1. The maximum absolute atomic E-state index is 5.94. The molecule has 1 N–H and O–H groups in total. The van der Waals surface area contributed by atoms with E-state index >= 15 is 0 Å². The van der Waals surface area contributed by atoms with E-state index in [1.807, 2.05) is 7.11 Å². The first-order valence-corrected chi connectivity index (χ1v) is 8.23. The van der Waals surface area contributed by atoms with Crippen LogP contribution >= 0.6 is 0 Å².